The molecule has 0 aliphatic carbocycles. The quantitative estimate of drug-likeness (QED) is 0.150. The number of amides is 2. The Hall–Kier alpha value is -4.08. The maximum Gasteiger partial charge on any atom is 0.347 e. The summed E-state index contributed by atoms with van der Waals surface area (Å²) in [6, 6.07) is 15.8. The predicted molar refractivity (Wildman–Crippen MR) is 136 cm³/mol. The molecule has 0 aliphatic rings. The second-order valence-corrected chi connectivity index (χ2v) is 7.99. The van der Waals surface area contributed by atoms with Crippen LogP contribution in [0.25, 0.3) is 0 Å². The topological polar surface area (TPSA) is 115 Å². The van der Waals surface area contributed by atoms with Crippen molar-refractivity contribution in [2.24, 2.45) is 5.10 Å². The van der Waals surface area contributed by atoms with Crippen LogP contribution in [0.15, 0.2) is 65.8 Å². The van der Waals surface area contributed by atoms with Gasteiger partial charge in [-0.05, 0) is 55.5 Å². The Morgan fingerprint density at radius 2 is 1.53 bits per heavy atom. The van der Waals surface area contributed by atoms with Gasteiger partial charge in [-0.15, -0.1) is 0 Å². The number of halogens is 2. The second kappa shape index (κ2) is 12.1. The smallest absolute Gasteiger partial charge is 0.347 e. The van der Waals surface area contributed by atoms with Crippen molar-refractivity contribution in [1.29, 1.82) is 0 Å². The highest BCUT2D eigenvalue weighted by Gasteiger charge is 2.18. The Kier molecular flexibility index (Phi) is 8.88. The zero-order valence-corrected chi connectivity index (χ0v) is 20.9. The van der Waals surface area contributed by atoms with E-state index in [2.05, 4.69) is 15.8 Å². The molecule has 2 N–H and O–H groups in total. The molecule has 3 rings (SSSR count). The van der Waals surface area contributed by atoms with Gasteiger partial charge in [0, 0.05) is 11.3 Å². The molecule has 0 fully saturated rings. The van der Waals surface area contributed by atoms with Crippen molar-refractivity contribution in [3.8, 4) is 17.2 Å². The Balaban J connectivity index is 1.68. The monoisotopic (exact) mass is 529 g/mol. The number of hydrazone groups is 1. The molecule has 0 atom stereocenters. The van der Waals surface area contributed by atoms with Gasteiger partial charge in [0.1, 0.15) is 11.3 Å². The van der Waals surface area contributed by atoms with Gasteiger partial charge in [-0.2, -0.15) is 5.10 Å². The van der Waals surface area contributed by atoms with E-state index in [0.29, 0.717) is 27.7 Å². The van der Waals surface area contributed by atoms with Crippen molar-refractivity contribution < 1.29 is 28.6 Å². The van der Waals surface area contributed by atoms with Gasteiger partial charge in [0.05, 0.1) is 30.0 Å². The molecular formula is C25H21Cl2N3O6. The number of methoxy groups -OCH3 is 2. The van der Waals surface area contributed by atoms with Crippen molar-refractivity contribution in [1.82, 2.24) is 5.43 Å². The molecule has 2 amide bonds. The molecule has 9 nitrogen and oxygen atoms in total. The first-order valence-electron chi connectivity index (χ1n) is 10.4. The van der Waals surface area contributed by atoms with Crippen molar-refractivity contribution in [2.45, 2.75) is 6.92 Å². The van der Waals surface area contributed by atoms with Crippen LogP contribution in [0.2, 0.25) is 10.0 Å². The molecule has 0 aliphatic heterocycles. The third kappa shape index (κ3) is 6.53. The highest BCUT2D eigenvalue weighted by molar-refractivity contribution is 6.43. The summed E-state index contributed by atoms with van der Waals surface area (Å²) < 4.78 is 16.0. The number of esters is 1. The molecule has 0 saturated heterocycles. The fourth-order valence-electron chi connectivity index (χ4n) is 2.96. The van der Waals surface area contributed by atoms with Crippen molar-refractivity contribution in [2.75, 3.05) is 19.5 Å². The molecule has 11 heteroatoms. The summed E-state index contributed by atoms with van der Waals surface area (Å²) in [5, 5.41) is 6.90. The van der Waals surface area contributed by atoms with Crippen molar-refractivity contribution in [3.05, 3.63) is 81.8 Å². The number of benzene rings is 3. The van der Waals surface area contributed by atoms with Crippen LogP contribution in [-0.4, -0.2) is 37.7 Å². The Morgan fingerprint density at radius 3 is 2.22 bits per heavy atom. The number of hydrogen-bond acceptors (Lipinski definition) is 7. The molecule has 3 aromatic carbocycles. The highest BCUT2D eigenvalue weighted by Crippen LogP contribution is 2.30. The van der Waals surface area contributed by atoms with Gasteiger partial charge in [-0.3, -0.25) is 9.59 Å². The third-order valence-corrected chi connectivity index (χ3v) is 5.56. The number of rotatable bonds is 7. The second-order valence-electron chi connectivity index (χ2n) is 7.18. The lowest BCUT2D eigenvalue weighted by Gasteiger charge is -2.12. The van der Waals surface area contributed by atoms with Crippen LogP contribution in [0.1, 0.15) is 22.8 Å². The first-order chi connectivity index (χ1) is 17.2. The summed E-state index contributed by atoms with van der Waals surface area (Å²) in [6.45, 7) is 1.62. The first kappa shape index (κ1) is 26.5. The lowest BCUT2D eigenvalue weighted by atomic mass is 10.1. The number of carbonyl (C=O) groups excluding carboxylic acids is 3. The van der Waals surface area contributed by atoms with E-state index >= 15 is 0 Å². The average molecular weight is 530 g/mol. The van der Waals surface area contributed by atoms with E-state index in [4.69, 9.17) is 37.4 Å². The molecule has 0 heterocycles. The summed E-state index contributed by atoms with van der Waals surface area (Å²) in [5.74, 6) is -1.75. The Bertz CT molecular complexity index is 1340. The Morgan fingerprint density at radius 1 is 0.806 bits per heavy atom. The van der Waals surface area contributed by atoms with Gasteiger partial charge in [-0.25, -0.2) is 10.2 Å². The Labute approximate surface area is 216 Å². The SMILES string of the molecule is COc1cc(C(C)=NNC(=O)C(=O)Nc2ccc(Cl)c(Cl)c2)ccc1OC(=O)c1ccccc1OC. The zero-order valence-electron chi connectivity index (χ0n) is 19.4. The fraction of sp³-hybridized carbons (Fsp3) is 0.120. The molecule has 186 valence electrons. The average Bonchev–Trinajstić information content (AvgIpc) is 2.89. The van der Waals surface area contributed by atoms with Crippen LogP contribution in [0, 0.1) is 0 Å². The van der Waals surface area contributed by atoms with E-state index in [0.717, 1.165) is 0 Å². The number of para-hydroxylation sites is 1. The molecule has 0 unspecified atom stereocenters. The van der Waals surface area contributed by atoms with Gasteiger partial charge >= 0.3 is 17.8 Å². The third-order valence-electron chi connectivity index (χ3n) is 4.82. The number of ether oxygens (including phenoxy) is 3. The van der Waals surface area contributed by atoms with Crippen LogP contribution in [-0.2, 0) is 9.59 Å². The number of anilines is 1. The van der Waals surface area contributed by atoms with E-state index in [9.17, 15) is 14.4 Å². The van der Waals surface area contributed by atoms with Gasteiger partial charge in [0.15, 0.2) is 11.5 Å². The molecule has 0 spiro atoms. The first-order valence-corrected chi connectivity index (χ1v) is 11.1. The largest absolute Gasteiger partial charge is 0.496 e. The minimum absolute atomic E-state index is 0.176. The van der Waals surface area contributed by atoms with Gasteiger partial charge in [-0.1, -0.05) is 35.3 Å². The molecule has 36 heavy (non-hydrogen) atoms. The van der Waals surface area contributed by atoms with Crippen LogP contribution < -0.4 is 25.0 Å². The van der Waals surface area contributed by atoms with Crippen LogP contribution in [0.5, 0.6) is 17.2 Å². The van der Waals surface area contributed by atoms with E-state index in [1.807, 2.05) is 0 Å². The summed E-state index contributed by atoms with van der Waals surface area (Å²) in [4.78, 5) is 36.9. The fourth-order valence-corrected chi connectivity index (χ4v) is 3.25. The summed E-state index contributed by atoms with van der Waals surface area (Å²) in [7, 11) is 2.88. The van der Waals surface area contributed by atoms with E-state index < -0.39 is 17.8 Å². The van der Waals surface area contributed by atoms with E-state index in [1.54, 1.807) is 43.3 Å². The van der Waals surface area contributed by atoms with Gasteiger partial charge in [0.25, 0.3) is 0 Å². The lowest BCUT2D eigenvalue weighted by molar-refractivity contribution is -0.136. The summed E-state index contributed by atoms with van der Waals surface area (Å²) in [6.07, 6.45) is 0. The summed E-state index contributed by atoms with van der Waals surface area (Å²) in [5.41, 5.74) is 3.66. The van der Waals surface area contributed by atoms with Gasteiger partial charge < -0.3 is 19.5 Å². The number of nitrogens with zero attached hydrogens (tertiary/aromatic N) is 1. The number of hydrogen-bond donors (Lipinski definition) is 2. The highest BCUT2D eigenvalue weighted by atomic mass is 35.5. The molecule has 0 aromatic heterocycles. The number of nitrogens with one attached hydrogen (secondary N) is 2. The molecule has 0 saturated carbocycles. The van der Waals surface area contributed by atoms with Gasteiger partial charge in [0.2, 0.25) is 0 Å². The lowest BCUT2D eigenvalue weighted by Crippen LogP contribution is -2.32. The standard InChI is InChI=1S/C25H21Cl2N3O6/c1-14(29-30-24(32)23(31)28-16-9-10-18(26)19(27)13-16)15-8-11-21(22(12-15)35-3)36-25(33)17-6-4-5-7-20(17)34-2/h4-13H,1-3H3,(H,28,31)(H,30,32). The van der Waals surface area contributed by atoms with Crippen molar-refractivity contribution >= 4 is 52.4 Å². The normalized spacial score (nSPS) is 10.9. The van der Waals surface area contributed by atoms with Crippen LogP contribution >= 0.6 is 23.2 Å². The minimum atomic E-state index is -0.991. The minimum Gasteiger partial charge on any atom is -0.496 e. The molecule has 0 bridgehead atoms. The molecular weight excluding hydrogens is 509 g/mol. The summed E-state index contributed by atoms with van der Waals surface area (Å²) >= 11 is 11.7. The van der Waals surface area contributed by atoms with Crippen LogP contribution in [0.4, 0.5) is 5.69 Å². The van der Waals surface area contributed by atoms with E-state index in [1.165, 1.54) is 38.5 Å². The predicted octanol–water partition coefficient (Wildman–Crippen LogP) is 4.71. The molecule has 0 radical (unpaired) electrons. The maximum atomic E-state index is 12.6. The molecule has 3 aromatic rings. The zero-order chi connectivity index (χ0) is 26.2. The maximum absolute atomic E-state index is 12.6. The van der Waals surface area contributed by atoms with Crippen molar-refractivity contribution in [3.63, 3.8) is 0 Å². The number of carbonyl (C=O) groups is 3. The van der Waals surface area contributed by atoms with Crippen LogP contribution in [0.3, 0.4) is 0 Å². The van der Waals surface area contributed by atoms with E-state index in [-0.39, 0.29) is 22.1 Å².